The number of oxazole rings is 1. The minimum atomic E-state index is -0.312. The van der Waals surface area contributed by atoms with Gasteiger partial charge in [0.2, 0.25) is 0 Å². The fourth-order valence-corrected chi connectivity index (χ4v) is 1.86. The molecule has 0 spiro atoms. The SMILES string of the molecule is CCc1nc2cc(NC(=O)c3cc(N)n[nH]3)ccc2o1. The van der Waals surface area contributed by atoms with Gasteiger partial charge in [0.25, 0.3) is 5.91 Å². The fraction of sp³-hybridized carbons (Fsp3) is 0.154. The number of aromatic nitrogens is 3. The lowest BCUT2D eigenvalue weighted by Gasteiger charge is -2.02. The summed E-state index contributed by atoms with van der Waals surface area (Å²) in [7, 11) is 0. The lowest BCUT2D eigenvalue weighted by Crippen LogP contribution is -2.12. The molecular formula is C13H13N5O2. The van der Waals surface area contributed by atoms with E-state index in [1.54, 1.807) is 18.2 Å². The number of anilines is 2. The first-order chi connectivity index (χ1) is 9.65. The van der Waals surface area contributed by atoms with E-state index in [-0.39, 0.29) is 11.7 Å². The molecule has 0 saturated heterocycles. The van der Waals surface area contributed by atoms with Gasteiger partial charge >= 0.3 is 0 Å². The summed E-state index contributed by atoms with van der Waals surface area (Å²) in [4.78, 5) is 16.3. The largest absolute Gasteiger partial charge is 0.441 e. The second kappa shape index (κ2) is 4.69. The summed E-state index contributed by atoms with van der Waals surface area (Å²) in [5.41, 5.74) is 7.80. The number of carbonyl (C=O) groups is 1. The predicted octanol–water partition coefficient (Wildman–Crippen LogP) is 1.95. The molecule has 0 atom stereocenters. The van der Waals surface area contributed by atoms with Crippen LogP contribution in [0.5, 0.6) is 0 Å². The number of fused-ring (bicyclic) bond motifs is 1. The number of nitrogen functional groups attached to an aromatic ring is 1. The number of nitrogens with zero attached hydrogens (tertiary/aromatic N) is 2. The molecule has 0 unspecified atom stereocenters. The Morgan fingerprint density at radius 1 is 1.45 bits per heavy atom. The van der Waals surface area contributed by atoms with Crippen molar-refractivity contribution >= 4 is 28.5 Å². The van der Waals surface area contributed by atoms with Crippen LogP contribution in [-0.2, 0) is 6.42 Å². The number of nitrogens with one attached hydrogen (secondary N) is 2. The molecule has 3 aromatic rings. The Kier molecular flexibility index (Phi) is 2.86. The molecule has 7 heteroatoms. The second-order valence-electron chi connectivity index (χ2n) is 4.30. The average molecular weight is 271 g/mol. The number of amides is 1. The molecular weight excluding hydrogens is 258 g/mol. The van der Waals surface area contributed by atoms with E-state index in [0.29, 0.717) is 28.4 Å². The van der Waals surface area contributed by atoms with Crippen molar-refractivity contribution in [3.8, 4) is 0 Å². The van der Waals surface area contributed by atoms with Gasteiger partial charge in [-0.25, -0.2) is 4.98 Å². The molecule has 0 aliphatic heterocycles. The molecule has 3 rings (SSSR count). The highest BCUT2D eigenvalue weighted by Crippen LogP contribution is 2.20. The number of aryl methyl sites for hydroxylation is 1. The van der Waals surface area contributed by atoms with Gasteiger partial charge in [0.15, 0.2) is 11.5 Å². The van der Waals surface area contributed by atoms with Gasteiger partial charge in [-0.15, -0.1) is 0 Å². The van der Waals surface area contributed by atoms with Gasteiger partial charge in [-0.2, -0.15) is 5.10 Å². The van der Waals surface area contributed by atoms with Crippen LogP contribution in [0.25, 0.3) is 11.1 Å². The molecule has 1 aromatic carbocycles. The Balaban J connectivity index is 1.85. The molecule has 0 fully saturated rings. The summed E-state index contributed by atoms with van der Waals surface area (Å²) in [6.07, 6.45) is 0.726. The molecule has 2 heterocycles. The van der Waals surface area contributed by atoms with Crippen LogP contribution >= 0.6 is 0 Å². The summed E-state index contributed by atoms with van der Waals surface area (Å²) in [5, 5.41) is 9.01. The standard InChI is InChI=1S/C13H13N5O2/c1-2-12-16-8-5-7(3-4-10(8)20-12)15-13(19)9-6-11(14)18-17-9/h3-6H,2H2,1H3,(H,15,19)(H3,14,17,18). The fourth-order valence-electron chi connectivity index (χ4n) is 1.86. The Labute approximate surface area is 114 Å². The van der Waals surface area contributed by atoms with Gasteiger partial charge in [0, 0.05) is 18.2 Å². The van der Waals surface area contributed by atoms with Gasteiger partial charge in [0.05, 0.1) is 0 Å². The number of nitrogens with two attached hydrogens (primary N) is 1. The minimum Gasteiger partial charge on any atom is -0.441 e. The average Bonchev–Trinajstić information content (AvgIpc) is 3.03. The summed E-state index contributed by atoms with van der Waals surface area (Å²) >= 11 is 0. The lowest BCUT2D eigenvalue weighted by molar-refractivity contribution is 0.102. The van der Waals surface area contributed by atoms with Crippen LogP contribution < -0.4 is 11.1 Å². The van der Waals surface area contributed by atoms with E-state index in [1.807, 2.05) is 6.92 Å². The van der Waals surface area contributed by atoms with Crippen LogP contribution in [0.3, 0.4) is 0 Å². The Morgan fingerprint density at radius 3 is 3.00 bits per heavy atom. The van der Waals surface area contributed by atoms with Gasteiger partial charge in [-0.1, -0.05) is 6.92 Å². The van der Waals surface area contributed by atoms with Gasteiger partial charge in [0.1, 0.15) is 17.0 Å². The molecule has 4 N–H and O–H groups in total. The van der Waals surface area contributed by atoms with Crippen LogP contribution in [0.15, 0.2) is 28.7 Å². The summed E-state index contributed by atoms with van der Waals surface area (Å²) in [5.74, 6) is 0.632. The van der Waals surface area contributed by atoms with E-state index in [4.69, 9.17) is 10.2 Å². The van der Waals surface area contributed by atoms with Crippen LogP contribution in [0, 0.1) is 0 Å². The maximum Gasteiger partial charge on any atom is 0.273 e. The number of hydrogen-bond acceptors (Lipinski definition) is 5. The number of rotatable bonds is 3. The molecule has 2 aromatic heterocycles. The molecule has 0 radical (unpaired) electrons. The number of hydrogen-bond donors (Lipinski definition) is 3. The number of carbonyl (C=O) groups excluding carboxylic acids is 1. The maximum absolute atomic E-state index is 11.9. The second-order valence-corrected chi connectivity index (χ2v) is 4.30. The zero-order chi connectivity index (χ0) is 14.1. The maximum atomic E-state index is 11.9. The number of aromatic amines is 1. The third-order valence-corrected chi connectivity index (χ3v) is 2.83. The van der Waals surface area contributed by atoms with Gasteiger partial charge in [-0.05, 0) is 18.2 Å². The van der Waals surface area contributed by atoms with Crippen molar-refractivity contribution in [2.75, 3.05) is 11.1 Å². The molecule has 0 bridgehead atoms. The number of benzene rings is 1. The summed E-state index contributed by atoms with van der Waals surface area (Å²) < 4.78 is 5.51. The van der Waals surface area contributed by atoms with Crippen molar-refractivity contribution in [1.29, 1.82) is 0 Å². The van der Waals surface area contributed by atoms with Crippen LogP contribution in [0.2, 0.25) is 0 Å². The van der Waals surface area contributed by atoms with Crippen molar-refractivity contribution in [3.05, 3.63) is 35.9 Å². The van der Waals surface area contributed by atoms with Gasteiger partial charge in [-0.3, -0.25) is 9.89 Å². The zero-order valence-corrected chi connectivity index (χ0v) is 10.8. The van der Waals surface area contributed by atoms with E-state index >= 15 is 0 Å². The first-order valence-corrected chi connectivity index (χ1v) is 6.17. The predicted molar refractivity (Wildman–Crippen MR) is 74.3 cm³/mol. The van der Waals surface area contributed by atoms with Crippen molar-refractivity contribution in [2.24, 2.45) is 0 Å². The third-order valence-electron chi connectivity index (χ3n) is 2.83. The van der Waals surface area contributed by atoms with E-state index < -0.39 is 0 Å². The van der Waals surface area contributed by atoms with Crippen molar-refractivity contribution in [1.82, 2.24) is 15.2 Å². The highest BCUT2D eigenvalue weighted by molar-refractivity contribution is 6.03. The Morgan fingerprint density at radius 2 is 2.30 bits per heavy atom. The lowest BCUT2D eigenvalue weighted by atomic mass is 10.2. The monoisotopic (exact) mass is 271 g/mol. The first-order valence-electron chi connectivity index (χ1n) is 6.17. The Bertz CT molecular complexity index is 774. The smallest absolute Gasteiger partial charge is 0.273 e. The molecule has 0 saturated carbocycles. The van der Waals surface area contributed by atoms with Gasteiger partial charge < -0.3 is 15.5 Å². The quantitative estimate of drug-likeness (QED) is 0.674. The Hall–Kier alpha value is -2.83. The zero-order valence-electron chi connectivity index (χ0n) is 10.8. The minimum absolute atomic E-state index is 0.273. The van der Waals surface area contributed by atoms with Crippen molar-refractivity contribution < 1.29 is 9.21 Å². The first kappa shape index (κ1) is 12.2. The molecule has 0 aliphatic carbocycles. The van der Waals surface area contributed by atoms with E-state index in [0.717, 1.165) is 6.42 Å². The molecule has 102 valence electrons. The van der Waals surface area contributed by atoms with Crippen LogP contribution in [-0.4, -0.2) is 21.1 Å². The van der Waals surface area contributed by atoms with E-state index in [9.17, 15) is 4.79 Å². The molecule has 7 nitrogen and oxygen atoms in total. The van der Waals surface area contributed by atoms with Crippen molar-refractivity contribution in [3.63, 3.8) is 0 Å². The van der Waals surface area contributed by atoms with E-state index in [2.05, 4.69) is 20.5 Å². The number of H-pyrrole nitrogens is 1. The summed E-state index contributed by atoms with van der Waals surface area (Å²) in [6.45, 7) is 1.97. The highest BCUT2D eigenvalue weighted by Gasteiger charge is 2.10. The van der Waals surface area contributed by atoms with E-state index in [1.165, 1.54) is 6.07 Å². The normalized spacial score (nSPS) is 10.8. The third kappa shape index (κ3) is 2.20. The molecule has 1 amide bonds. The molecule has 0 aliphatic rings. The molecule has 20 heavy (non-hydrogen) atoms. The van der Waals surface area contributed by atoms with Crippen LogP contribution in [0.1, 0.15) is 23.3 Å². The van der Waals surface area contributed by atoms with Crippen LogP contribution in [0.4, 0.5) is 11.5 Å². The topological polar surface area (TPSA) is 110 Å². The van der Waals surface area contributed by atoms with Crippen molar-refractivity contribution in [2.45, 2.75) is 13.3 Å². The highest BCUT2D eigenvalue weighted by atomic mass is 16.3. The summed E-state index contributed by atoms with van der Waals surface area (Å²) in [6, 6.07) is 6.76.